The lowest BCUT2D eigenvalue weighted by atomic mass is 10.1. The van der Waals surface area contributed by atoms with Crippen LogP contribution in [0.3, 0.4) is 0 Å². The van der Waals surface area contributed by atoms with Crippen molar-refractivity contribution in [3.63, 3.8) is 0 Å². The van der Waals surface area contributed by atoms with Crippen LogP contribution in [0.5, 0.6) is 0 Å². The second kappa shape index (κ2) is 5.25. The van der Waals surface area contributed by atoms with Gasteiger partial charge < -0.3 is 10.3 Å². The summed E-state index contributed by atoms with van der Waals surface area (Å²) in [7, 11) is 0. The molecule has 112 valence electrons. The first-order chi connectivity index (χ1) is 11.2. The van der Waals surface area contributed by atoms with Crippen LogP contribution in [0.15, 0.2) is 66.7 Å². The molecule has 4 aromatic rings. The number of H-pyrrole nitrogens is 1. The zero-order valence-electron chi connectivity index (χ0n) is 12.1. The summed E-state index contributed by atoms with van der Waals surface area (Å²) in [6, 6.07) is 19.7. The predicted molar refractivity (Wildman–Crippen MR) is 90.2 cm³/mol. The molecule has 0 fully saturated rings. The molecule has 4 heteroatoms. The first-order valence-corrected chi connectivity index (χ1v) is 7.28. The Morgan fingerprint density at radius 3 is 2.65 bits per heavy atom. The van der Waals surface area contributed by atoms with Gasteiger partial charge in [-0.1, -0.05) is 36.4 Å². The summed E-state index contributed by atoms with van der Waals surface area (Å²) in [5.74, 6) is -0.585. The number of aromatic nitrogens is 1. The average molecular weight is 304 g/mol. The fourth-order valence-corrected chi connectivity index (χ4v) is 2.75. The Labute approximate surface area is 131 Å². The van der Waals surface area contributed by atoms with Crippen molar-refractivity contribution in [1.82, 2.24) is 4.98 Å². The molecule has 0 bridgehead atoms. The number of halogens is 1. The lowest BCUT2D eigenvalue weighted by Gasteiger charge is -2.07. The molecule has 1 aromatic heterocycles. The summed E-state index contributed by atoms with van der Waals surface area (Å²) < 4.78 is 13.2. The van der Waals surface area contributed by atoms with E-state index in [1.54, 1.807) is 12.1 Å². The third kappa shape index (κ3) is 2.44. The van der Waals surface area contributed by atoms with E-state index in [4.69, 9.17) is 0 Å². The summed E-state index contributed by atoms with van der Waals surface area (Å²) >= 11 is 0. The van der Waals surface area contributed by atoms with Gasteiger partial charge in [0.25, 0.3) is 5.91 Å². The molecule has 0 unspecified atom stereocenters. The Kier molecular flexibility index (Phi) is 3.08. The summed E-state index contributed by atoms with van der Waals surface area (Å²) in [6.07, 6.45) is 0. The minimum atomic E-state index is -0.333. The largest absolute Gasteiger partial charge is 0.350 e. The van der Waals surface area contributed by atoms with Gasteiger partial charge >= 0.3 is 0 Å². The number of amides is 1. The summed E-state index contributed by atoms with van der Waals surface area (Å²) in [4.78, 5) is 15.4. The van der Waals surface area contributed by atoms with Crippen molar-refractivity contribution in [2.75, 3.05) is 5.32 Å². The van der Waals surface area contributed by atoms with Crippen molar-refractivity contribution < 1.29 is 9.18 Å². The van der Waals surface area contributed by atoms with Gasteiger partial charge in [0.15, 0.2) is 0 Å². The fraction of sp³-hybridized carbons (Fsp3) is 0. The Balaban J connectivity index is 1.70. The number of carbonyl (C=O) groups is 1. The lowest BCUT2D eigenvalue weighted by molar-refractivity contribution is 0.102. The molecule has 1 amide bonds. The second-order valence-electron chi connectivity index (χ2n) is 5.40. The van der Waals surface area contributed by atoms with Crippen molar-refractivity contribution in [2.45, 2.75) is 0 Å². The Bertz CT molecular complexity index is 1030. The van der Waals surface area contributed by atoms with E-state index < -0.39 is 0 Å². The van der Waals surface area contributed by atoms with E-state index in [9.17, 15) is 9.18 Å². The molecule has 0 aliphatic carbocycles. The number of nitrogens with one attached hydrogen (secondary N) is 2. The van der Waals surface area contributed by atoms with Crippen LogP contribution in [-0.4, -0.2) is 10.9 Å². The number of fused-ring (bicyclic) bond motifs is 2. The third-order valence-electron chi connectivity index (χ3n) is 3.87. The zero-order valence-corrected chi connectivity index (χ0v) is 12.1. The maximum atomic E-state index is 13.2. The molecule has 0 aliphatic heterocycles. The van der Waals surface area contributed by atoms with E-state index in [2.05, 4.69) is 10.3 Å². The van der Waals surface area contributed by atoms with Crippen LogP contribution in [0.2, 0.25) is 0 Å². The van der Waals surface area contributed by atoms with Crippen LogP contribution in [-0.2, 0) is 0 Å². The number of anilines is 1. The van der Waals surface area contributed by atoms with Crippen molar-refractivity contribution in [3.05, 3.63) is 78.2 Å². The quantitative estimate of drug-likeness (QED) is 0.553. The molecule has 1 heterocycles. The number of hydrogen-bond acceptors (Lipinski definition) is 1. The van der Waals surface area contributed by atoms with Crippen molar-refractivity contribution in [2.24, 2.45) is 0 Å². The number of benzene rings is 3. The first-order valence-electron chi connectivity index (χ1n) is 7.28. The molecular weight excluding hydrogens is 291 g/mol. The van der Waals surface area contributed by atoms with Crippen LogP contribution >= 0.6 is 0 Å². The lowest BCUT2D eigenvalue weighted by Crippen LogP contribution is -2.12. The zero-order chi connectivity index (χ0) is 15.8. The highest BCUT2D eigenvalue weighted by atomic mass is 19.1. The summed E-state index contributed by atoms with van der Waals surface area (Å²) in [6.45, 7) is 0. The van der Waals surface area contributed by atoms with Crippen LogP contribution in [0.4, 0.5) is 10.1 Å². The van der Waals surface area contributed by atoms with Gasteiger partial charge in [0, 0.05) is 22.0 Å². The molecule has 0 aliphatic rings. The maximum Gasteiger partial charge on any atom is 0.272 e. The molecule has 4 rings (SSSR count). The van der Waals surface area contributed by atoms with E-state index in [1.807, 2.05) is 42.5 Å². The monoisotopic (exact) mass is 304 g/mol. The van der Waals surface area contributed by atoms with Crippen molar-refractivity contribution in [3.8, 4) is 0 Å². The molecular formula is C19H13FN2O. The topological polar surface area (TPSA) is 44.9 Å². The maximum absolute atomic E-state index is 13.2. The highest BCUT2D eigenvalue weighted by Gasteiger charge is 2.11. The molecule has 0 spiro atoms. The van der Waals surface area contributed by atoms with E-state index in [-0.39, 0.29) is 11.7 Å². The van der Waals surface area contributed by atoms with Gasteiger partial charge in [-0.3, -0.25) is 4.79 Å². The molecule has 0 saturated carbocycles. The number of carbonyl (C=O) groups excluding carboxylic acids is 1. The number of rotatable bonds is 2. The Morgan fingerprint density at radius 1 is 0.913 bits per heavy atom. The smallest absolute Gasteiger partial charge is 0.272 e. The first kappa shape index (κ1) is 13.5. The van der Waals surface area contributed by atoms with Crippen LogP contribution in [0.25, 0.3) is 21.7 Å². The average Bonchev–Trinajstić information content (AvgIpc) is 2.98. The van der Waals surface area contributed by atoms with Crippen molar-refractivity contribution >= 4 is 33.3 Å². The van der Waals surface area contributed by atoms with E-state index in [0.717, 1.165) is 21.8 Å². The van der Waals surface area contributed by atoms with Gasteiger partial charge in [-0.2, -0.15) is 0 Å². The van der Waals surface area contributed by atoms with Gasteiger partial charge in [-0.05, 0) is 35.7 Å². The normalized spacial score (nSPS) is 11.0. The Morgan fingerprint density at radius 2 is 1.74 bits per heavy atom. The third-order valence-corrected chi connectivity index (χ3v) is 3.87. The molecule has 0 atom stereocenters. The molecule has 3 aromatic carbocycles. The van der Waals surface area contributed by atoms with Gasteiger partial charge in [0.05, 0.1) is 0 Å². The van der Waals surface area contributed by atoms with Crippen LogP contribution in [0, 0.1) is 5.82 Å². The molecule has 0 radical (unpaired) electrons. The molecule has 0 saturated heterocycles. The number of hydrogen-bond donors (Lipinski definition) is 2. The molecule has 3 nitrogen and oxygen atoms in total. The van der Waals surface area contributed by atoms with E-state index >= 15 is 0 Å². The Hall–Kier alpha value is -3.14. The SMILES string of the molecule is O=C(Nc1cccc2ccccc12)c1cc2ccc(F)cc2[nH]1. The minimum Gasteiger partial charge on any atom is -0.350 e. The van der Waals surface area contributed by atoms with Gasteiger partial charge in [0.2, 0.25) is 0 Å². The fourth-order valence-electron chi connectivity index (χ4n) is 2.75. The van der Waals surface area contributed by atoms with Crippen molar-refractivity contribution in [1.29, 1.82) is 0 Å². The van der Waals surface area contributed by atoms with E-state index in [0.29, 0.717) is 11.2 Å². The number of aromatic amines is 1. The van der Waals surface area contributed by atoms with Gasteiger partial charge in [-0.15, -0.1) is 0 Å². The van der Waals surface area contributed by atoms with E-state index in [1.165, 1.54) is 12.1 Å². The highest BCUT2D eigenvalue weighted by molar-refractivity contribution is 6.10. The standard InChI is InChI=1S/C19H13FN2O/c20-14-9-8-13-10-18(21-17(13)11-14)19(23)22-16-7-3-5-12-4-1-2-6-15(12)16/h1-11,21H,(H,22,23). The summed E-state index contributed by atoms with van der Waals surface area (Å²) in [5, 5.41) is 5.75. The minimum absolute atomic E-state index is 0.252. The predicted octanol–water partition coefficient (Wildman–Crippen LogP) is 4.71. The summed E-state index contributed by atoms with van der Waals surface area (Å²) in [5.41, 5.74) is 1.75. The molecule has 23 heavy (non-hydrogen) atoms. The van der Waals surface area contributed by atoms with Gasteiger partial charge in [-0.25, -0.2) is 4.39 Å². The molecule has 2 N–H and O–H groups in total. The second-order valence-corrected chi connectivity index (χ2v) is 5.40. The highest BCUT2D eigenvalue weighted by Crippen LogP contribution is 2.24. The van der Waals surface area contributed by atoms with Gasteiger partial charge in [0.1, 0.15) is 11.5 Å². The van der Waals surface area contributed by atoms with Crippen LogP contribution < -0.4 is 5.32 Å². The van der Waals surface area contributed by atoms with Crippen LogP contribution in [0.1, 0.15) is 10.5 Å².